The van der Waals surface area contributed by atoms with Crippen molar-refractivity contribution < 1.29 is 17.6 Å². The van der Waals surface area contributed by atoms with Crippen LogP contribution in [0.4, 0.5) is 17.6 Å². The van der Waals surface area contributed by atoms with Crippen molar-refractivity contribution in [1.29, 1.82) is 0 Å². The number of hydrogen-bond donors (Lipinski definition) is 0. The molecular weight excluding hydrogens is 478 g/mol. The van der Waals surface area contributed by atoms with Gasteiger partial charge < -0.3 is 0 Å². The maximum atomic E-state index is 12.9. The highest BCUT2D eigenvalue weighted by Crippen LogP contribution is 2.30. The van der Waals surface area contributed by atoms with Gasteiger partial charge in [-0.15, -0.1) is 0 Å². The average molecular weight is 482 g/mol. The quantitative estimate of drug-likeness (QED) is 0.440. The number of benzene rings is 1. The minimum absolute atomic E-state index is 0.310. The normalized spacial score (nSPS) is 11.9. The topological polar surface area (TPSA) is 17.8 Å². The zero-order chi connectivity index (χ0) is 13.5. The first-order valence-electron chi connectivity index (χ1n) is 4.57. The van der Waals surface area contributed by atoms with Crippen LogP contribution < -0.4 is 0 Å². The summed E-state index contributed by atoms with van der Waals surface area (Å²) in [5.41, 5.74) is -0.552. The second-order valence-electron chi connectivity index (χ2n) is 3.36. The van der Waals surface area contributed by atoms with E-state index in [-0.39, 0.29) is 0 Å². The Morgan fingerprint density at radius 2 is 1.78 bits per heavy atom. The van der Waals surface area contributed by atoms with Gasteiger partial charge in [-0.05, 0) is 63.4 Å². The number of alkyl halides is 3. The van der Waals surface area contributed by atoms with Crippen LogP contribution in [-0.4, -0.2) is 9.78 Å². The minimum Gasteiger partial charge on any atom is -0.226 e. The Hall–Kier alpha value is -0.390. The molecule has 0 N–H and O–H groups in total. The van der Waals surface area contributed by atoms with Crippen LogP contribution in [0, 0.1) is 13.1 Å². The highest BCUT2D eigenvalue weighted by molar-refractivity contribution is 14.1. The third kappa shape index (κ3) is 2.78. The minimum atomic E-state index is -4.49. The van der Waals surface area contributed by atoms with Crippen LogP contribution in [0.25, 0.3) is 5.69 Å². The van der Waals surface area contributed by atoms with E-state index < -0.39 is 17.7 Å². The molecule has 0 aliphatic carbocycles. The summed E-state index contributed by atoms with van der Waals surface area (Å²) in [7, 11) is 0. The van der Waals surface area contributed by atoms with Crippen molar-refractivity contribution in [3.63, 3.8) is 0 Å². The first-order chi connectivity index (χ1) is 8.29. The lowest BCUT2D eigenvalue weighted by Crippen LogP contribution is -2.08. The maximum absolute atomic E-state index is 12.9. The van der Waals surface area contributed by atoms with Crippen LogP contribution in [0.15, 0.2) is 24.3 Å². The summed E-state index contributed by atoms with van der Waals surface area (Å²) in [6, 6.07) is 4.76. The standard InChI is InChI=1S/C10H4F4I2N2/c11-5-1-2-7(6(15)3-5)18-9(16)4-8(17-18)10(12,13)14/h1-4H. The molecule has 1 heterocycles. The lowest BCUT2D eigenvalue weighted by atomic mass is 10.3. The van der Waals surface area contributed by atoms with E-state index in [1.54, 1.807) is 22.6 Å². The van der Waals surface area contributed by atoms with Crippen molar-refractivity contribution in [2.75, 3.05) is 0 Å². The van der Waals surface area contributed by atoms with Crippen LogP contribution in [-0.2, 0) is 6.18 Å². The van der Waals surface area contributed by atoms with E-state index in [0.29, 0.717) is 13.0 Å². The van der Waals surface area contributed by atoms with Crippen molar-refractivity contribution in [3.8, 4) is 5.69 Å². The van der Waals surface area contributed by atoms with Gasteiger partial charge in [0.2, 0.25) is 0 Å². The van der Waals surface area contributed by atoms with E-state index in [4.69, 9.17) is 0 Å². The van der Waals surface area contributed by atoms with Crippen LogP contribution in [0.2, 0.25) is 0 Å². The molecule has 0 atom stereocenters. The SMILES string of the molecule is Fc1ccc(-n2nc(C(F)(F)F)cc2I)c(I)c1. The van der Waals surface area contributed by atoms with Crippen molar-refractivity contribution in [1.82, 2.24) is 9.78 Å². The number of halogens is 6. The molecule has 2 nitrogen and oxygen atoms in total. The van der Waals surface area contributed by atoms with Gasteiger partial charge in [0.15, 0.2) is 5.69 Å². The lowest BCUT2D eigenvalue weighted by Gasteiger charge is -2.06. The Labute approximate surface area is 127 Å². The molecule has 0 bridgehead atoms. The summed E-state index contributed by atoms with van der Waals surface area (Å²) in [5, 5.41) is 3.50. The van der Waals surface area contributed by atoms with Gasteiger partial charge in [-0.25, -0.2) is 9.07 Å². The van der Waals surface area contributed by atoms with Crippen molar-refractivity contribution in [3.05, 3.63) is 43.0 Å². The highest BCUT2D eigenvalue weighted by atomic mass is 127. The van der Waals surface area contributed by atoms with Gasteiger partial charge in [0.1, 0.15) is 9.52 Å². The van der Waals surface area contributed by atoms with E-state index in [0.717, 1.165) is 10.7 Å². The lowest BCUT2D eigenvalue weighted by molar-refractivity contribution is -0.141. The van der Waals surface area contributed by atoms with Gasteiger partial charge >= 0.3 is 6.18 Å². The molecule has 2 aromatic rings. The predicted molar refractivity (Wildman–Crippen MR) is 74.0 cm³/mol. The van der Waals surface area contributed by atoms with Crippen molar-refractivity contribution >= 4 is 45.2 Å². The fourth-order valence-electron chi connectivity index (χ4n) is 1.32. The smallest absolute Gasteiger partial charge is 0.226 e. The summed E-state index contributed by atoms with van der Waals surface area (Å²) in [4.78, 5) is 0. The molecule has 0 amide bonds. The van der Waals surface area contributed by atoms with Gasteiger partial charge in [-0.3, -0.25) is 0 Å². The van der Waals surface area contributed by atoms with Gasteiger partial charge in [0.25, 0.3) is 0 Å². The summed E-state index contributed by atoms with van der Waals surface area (Å²) in [6.07, 6.45) is -4.49. The highest BCUT2D eigenvalue weighted by Gasteiger charge is 2.35. The summed E-state index contributed by atoms with van der Waals surface area (Å²) < 4.78 is 52.4. The molecule has 0 aliphatic heterocycles. The second kappa shape index (κ2) is 4.94. The Kier molecular flexibility index (Phi) is 3.85. The largest absolute Gasteiger partial charge is 0.435 e. The number of aromatic nitrogens is 2. The van der Waals surface area contributed by atoms with E-state index in [2.05, 4.69) is 5.10 Å². The summed E-state index contributed by atoms with van der Waals surface area (Å²) >= 11 is 3.60. The zero-order valence-corrected chi connectivity index (χ0v) is 12.8. The Balaban J connectivity index is 2.55. The number of nitrogens with zero attached hydrogens (tertiary/aromatic N) is 2. The molecule has 0 spiro atoms. The first-order valence-corrected chi connectivity index (χ1v) is 6.73. The predicted octanol–water partition coefficient (Wildman–Crippen LogP) is 4.24. The molecule has 0 fully saturated rings. The molecule has 0 radical (unpaired) electrons. The number of hydrogen-bond acceptors (Lipinski definition) is 1. The molecule has 1 aromatic carbocycles. The fourth-order valence-corrected chi connectivity index (χ4v) is 2.69. The zero-order valence-electron chi connectivity index (χ0n) is 8.47. The van der Waals surface area contributed by atoms with Gasteiger partial charge in [0, 0.05) is 9.64 Å². The molecular formula is C10H4F4I2N2. The van der Waals surface area contributed by atoms with Crippen LogP contribution in [0.3, 0.4) is 0 Å². The maximum Gasteiger partial charge on any atom is 0.435 e. The van der Waals surface area contributed by atoms with E-state index in [1.165, 1.54) is 18.2 Å². The van der Waals surface area contributed by atoms with Gasteiger partial charge in [-0.1, -0.05) is 0 Å². The van der Waals surface area contributed by atoms with Crippen molar-refractivity contribution in [2.24, 2.45) is 0 Å². The van der Waals surface area contributed by atoms with E-state index in [1.807, 2.05) is 22.6 Å². The third-order valence-corrected chi connectivity index (χ3v) is 3.73. The first kappa shape index (κ1) is 14.0. The third-order valence-electron chi connectivity index (χ3n) is 2.09. The van der Waals surface area contributed by atoms with E-state index in [9.17, 15) is 17.6 Å². The van der Waals surface area contributed by atoms with E-state index >= 15 is 0 Å². The molecule has 0 unspecified atom stereocenters. The van der Waals surface area contributed by atoms with Crippen LogP contribution in [0.1, 0.15) is 5.69 Å². The van der Waals surface area contributed by atoms with Crippen molar-refractivity contribution in [2.45, 2.75) is 6.18 Å². The molecule has 0 aliphatic rings. The molecule has 1 aromatic heterocycles. The second-order valence-corrected chi connectivity index (χ2v) is 5.63. The summed E-state index contributed by atoms with van der Waals surface area (Å²) in [6.45, 7) is 0. The molecule has 2 rings (SSSR count). The fraction of sp³-hybridized carbons (Fsp3) is 0.100. The Bertz CT molecular complexity index is 592. The van der Waals surface area contributed by atoms with Crippen LogP contribution >= 0.6 is 45.2 Å². The monoisotopic (exact) mass is 482 g/mol. The van der Waals surface area contributed by atoms with Crippen LogP contribution in [0.5, 0.6) is 0 Å². The molecule has 18 heavy (non-hydrogen) atoms. The summed E-state index contributed by atoms with van der Waals surface area (Å²) in [5.74, 6) is -0.443. The average Bonchev–Trinajstić information content (AvgIpc) is 2.60. The molecule has 96 valence electrons. The Morgan fingerprint density at radius 3 is 2.28 bits per heavy atom. The van der Waals surface area contributed by atoms with Gasteiger partial charge in [0.05, 0.1) is 5.69 Å². The molecule has 0 saturated carbocycles. The molecule has 8 heteroatoms. The van der Waals surface area contributed by atoms with Gasteiger partial charge in [-0.2, -0.15) is 18.3 Å². The molecule has 0 saturated heterocycles. The number of rotatable bonds is 1. The Morgan fingerprint density at radius 1 is 1.11 bits per heavy atom.